The molecule has 0 radical (unpaired) electrons. The van der Waals surface area contributed by atoms with Crippen LogP contribution in [0.2, 0.25) is 0 Å². The summed E-state index contributed by atoms with van der Waals surface area (Å²) >= 11 is 0. The minimum absolute atomic E-state index is 0.230. The van der Waals surface area contributed by atoms with Crippen molar-refractivity contribution in [3.05, 3.63) is 23.3 Å². The molecule has 1 saturated carbocycles. The van der Waals surface area contributed by atoms with Crippen LogP contribution in [0.1, 0.15) is 18.4 Å². The van der Waals surface area contributed by atoms with Gasteiger partial charge in [0.05, 0.1) is 5.60 Å². The van der Waals surface area contributed by atoms with E-state index in [2.05, 4.69) is 0 Å². The van der Waals surface area contributed by atoms with E-state index < -0.39 is 34.3 Å². The van der Waals surface area contributed by atoms with Crippen LogP contribution in [0.15, 0.2) is 6.07 Å². The molecule has 3 nitrogen and oxygen atoms in total. The molecule has 0 aromatic heterocycles. The number of hydrogen-bond donors (Lipinski definition) is 3. The average Bonchev–Trinajstić information content (AvgIpc) is 2.89. The topological polar surface area (TPSA) is 60.7 Å². The largest absolute Gasteiger partial charge is 0.505 e. The van der Waals surface area contributed by atoms with Gasteiger partial charge in [-0.25, -0.2) is 8.78 Å². The first-order valence-corrected chi connectivity index (χ1v) is 4.54. The summed E-state index contributed by atoms with van der Waals surface area (Å²) < 4.78 is 26.6. The molecule has 0 unspecified atom stereocenters. The number of aromatic hydroxyl groups is 2. The Kier molecular flexibility index (Phi) is 2.08. The zero-order valence-corrected chi connectivity index (χ0v) is 7.80. The molecule has 0 amide bonds. The van der Waals surface area contributed by atoms with Crippen molar-refractivity contribution in [2.45, 2.75) is 24.9 Å². The van der Waals surface area contributed by atoms with Crippen LogP contribution in [0.4, 0.5) is 8.78 Å². The van der Waals surface area contributed by atoms with Crippen molar-refractivity contribution in [2.24, 2.45) is 0 Å². The van der Waals surface area contributed by atoms with Crippen molar-refractivity contribution in [2.75, 3.05) is 0 Å². The minimum Gasteiger partial charge on any atom is -0.505 e. The molecule has 3 N–H and O–H groups in total. The molecule has 1 aliphatic carbocycles. The van der Waals surface area contributed by atoms with Gasteiger partial charge in [-0.2, -0.15) is 0 Å². The molecule has 0 spiro atoms. The fourth-order valence-corrected chi connectivity index (χ4v) is 1.47. The van der Waals surface area contributed by atoms with E-state index >= 15 is 0 Å². The SMILES string of the molecule is Oc1cc(O)c(F)c(CC2(O)CC2)c1F. The van der Waals surface area contributed by atoms with E-state index in [-0.39, 0.29) is 6.42 Å². The molecule has 1 fully saturated rings. The van der Waals surface area contributed by atoms with Gasteiger partial charge in [-0.1, -0.05) is 0 Å². The van der Waals surface area contributed by atoms with E-state index in [0.717, 1.165) is 0 Å². The molecule has 0 aliphatic heterocycles. The van der Waals surface area contributed by atoms with E-state index in [1.54, 1.807) is 0 Å². The van der Waals surface area contributed by atoms with Crippen LogP contribution in [0.25, 0.3) is 0 Å². The molecule has 1 aromatic rings. The van der Waals surface area contributed by atoms with Crippen LogP contribution < -0.4 is 0 Å². The van der Waals surface area contributed by atoms with Crippen LogP contribution in [-0.4, -0.2) is 20.9 Å². The monoisotopic (exact) mass is 216 g/mol. The van der Waals surface area contributed by atoms with Gasteiger partial charge in [-0.15, -0.1) is 0 Å². The Bertz CT molecular complexity index is 387. The lowest BCUT2D eigenvalue weighted by Crippen LogP contribution is -2.13. The van der Waals surface area contributed by atoms with Gasteiger partial charge in [-0.05, 0) is 12.8 Å². The zero-order valence-electron chi connectivity index (χ0n) is 7.80. The van der Waals surface area contributed by atoms with E-state index in [1.165, 1.54) is 0 Å². The van der Waals surface area contributed by atoms with E-state index in [4.69, 9.17) is 10.2 Å². The maximum atomic E-state index is 13.3. The Hall–Kier alpha value is -1.36. The van der Waals surface area contributed by atoms with Crippen molar-refractivity contribution >= 4 is 0 Å². The minimum atomic E-state index is -1.12. The summed E-state index contributed by atoms with van der Waals surface area (Å²) in [6, 6.07) is 0.602. The predicted molar refractivity (Wildman–Crippen MR) is 47.6 cm³/mol. The standard InChI is InChI=1S/C10H10F2O3/c11-8-5(4-10(15)1-2-10)9(12)7(14)3-6(8)13/h3,13-15H,1-2,4H2. The van der Waals surface area contributed by atoms with Gasteiger partial charge >= 0.3 is 0 Å². The Morgan fingerprint density at radius 3 is 2.00 bits per heavy atom. The molecule has 0 bridgehead atoms. The van der Waals surface area contributed by atoms with Crippen LogP contribution in [0.5, 0.6) is 11.5 Å². The molecule has 5 heteroatoms. The van der Waals surface area contributed by atoms with Crippen LogP contribution >= 0.6 is 0 Å². The van der Waals surface area contributed by atoms with E-state index in [9.17, 15) is 13.9 Å². The molecule has 2 rings (SSSR count). The number of benzene rings is 1. The van der Waals surface area contributed by atoms with Crippen molar-refractivity contribution in [1.82, 2.24) is 0 Å². The summed E-state index contributed by atoms with van der Waals surface area (Å²) in [6.07, 6.45) is 0.719. The summed E-state index contributed by atoms with van der Waals surface area (Å²) in [5.74, 6) is -3.86. The number of aliphatic hydroxyl groups is 1. The third-order valence-corrected chi connectivity index (χ3v) is 2.59. The van der Waals surface area contributed by atoms with Gasteiger partial charge < -0.3 is 15.3 Å². The lowest BCUT2D eigenvalue weighted by molar-refractivity contribution is 0.148. The maximum absolute atomic E-state index is 13.3. The number of phenols is 2. The number of rotatable bonds is 2. The molecular weight excluding hydrogens is 206 g/mol. The van der Waals surface area contributed by atoms with Crippen LogP contribution in [-0.2, 0) is 6.42 Å². The molecule has 0 atom stereocenters. The number of phenolic OH excluding ortho intramolecular Hbond substituents is 2. The number of halogens is 2. The highest BCUT2D eigenvalue weighted by Gasteiger charge is 2.42. The molecule has 82 valence electrons. The third kappa shape index (κ3) is 1.74. The first kappa shape index (κ1) is 10.2. The summed E-state index contributed by atoms with van der Waals surface area (Å²) in [5, 5.41) is 27.6. The van der Waals surface area contributed by atoms with Crippen molar-refractivity contribution < 1.29 is 24.1 Å². The second kappa shape index (κ2) is 3.06. The van der Waals surface area contributed by atoms with Gasteiger partial charge in [0.1, 0.15) is 0 Å². The predicted octanol–water partition coefficient (Wildman–Crippen LogP) is 1.44. The quantitative estimate of drug-likeness (QED) is 0.701. The summed E-state index contributed by atoms with van der Waals surface area (Å²) in [6.45, 7) is 0. The van der Waals surface area contributed by atoms with Crippen molar-refractivity contribution in [3.63, 3.8) is 0 Å². The molecule has 1 aromatic carbocycles. The highest BCUT2D eigenvalue weighted by molar-refractivity contribution is 5.41. The van der Waals surface area contributed by atoms with Gasteiger partial charge in [0.2, 0.25) is 0 Å². The second-order valence-corrected chi connectivity index (χ2v) is 3.92. The molecule has 15 heavy (non-hydrogen) atoms. The van der Waals surface area contributed by atoms with Crippen molar-refractivity contribution in [3.8, 4) is 11.5 Å². The van der Waals surface area contributed by atoms with E-state index in [0.29, 0.717) is 18.9 Å². The molecular formula is C10H10F2O3. The van der Waals surface area contributed by atoms with Crippen LogP contribution in [0, 0.1) is 11.6 Å². The number of hydrogen-bond acceptors (Lipinski definition) is 3. The third-order valence-electron chi connectivity index (χ3n) is 2.59. The highest BCUT2D eigenvalue weighted by atomic mass is 19.1. The first-order valence-electron chi connectivity index (χ1n) is 4.54. The Labute approximate surface area is 84.6 Å². The maximum Gasteiger partial charge on any atom is 0.171 e. The Balaban J connectivity index is 2.44. The first-order chi connectivity index (χ1) is 6.93. The highest BCUT2D eigenvalue weighted by Crippen LogP contribution is 2.41. The van der Waals surface area contributed by atoms with Crippen molar-refractivity contribution in [1.29, 1.82) is 0 Å². The second-order valence-electron chi connectivity index (χ2n) is 3.92. The normalized spacial score (nSPS) is 17.8. The Morgan fingerprint density at radius 2 is 1.60 bits per heavy atom. The lowest BCUT2D eigenvalue weighted by Gasteiger charge is -2.11. The Morgan fingerprint density at radius 1 is 1.13 bits per heavy atom. The van der Waals surface area contributed by atoms with Gasteiger partial charge in [0.25, 0.3) is 0 Å². The lowest BCUT2D eigenvalue weighted by atomic mass is 10.0. The van der Waals surface area contributed by atoms with Gasteiger partial charge in [-0.3, -0.25) is 0 Å². The average molecular weight is 216 g/mol. The van der Waals surface area contributed by atoms with Gasteiger partial charge in [0.15, 0.2) is 23.1 Å². The molecule has 1 aliphatic rings. The zero-order chi connectivity index (χ0) is 11.2. The fraction of sp³-hybridized carbons (Fsp3) is 0.400. The summed E-state index contributed by atoms with van der Waals surface area (Å²) in [7, 11) is 0. The van der Waals surface area contributed by atoms with Gasteiger partial charge in [0, 0.05) is 18.1 Å². The van der Waals surface area contributed by atoms with Crippen LogP contribution in [0.3, 0.4) is 0 Å². The summed E-state index contributed by atoms with van der Waals surface area (Å²) in [5.41, 5.74) is -1.55. The van der Waals surface area contributed by atoms with E-state index in [1.807, 2.05) is 0 Å². The fourth-order valence-electron chi connectivity index (χ4n) is 1.47. The summed E-state index contributed by atoms with van der Waals surface area (Å²) in [4.78, 5) is 0. The molecule has 0 saturated heterocycles. The molecule has 0 heterocycles. The smallest absolute Gasteiger partial charge is 0.171 e.